The van der Waals surface area contributed by atoms with Gasteiger partial charge in [-0.05, 0) is 62.1 Å². The van der Waals surface area contributed by atoms with E-state index in [1.165, 1.54) is 0 Å². The fourth-order valence-corrected chi connectivity index (χ4v) is 3.74. The van der Waals surface area contributed by atoms with Gasteiger partial charge in [-0.25, -0.2) is 4.79 Å². The van der Waals surface area contributed by atoms with E-state index in [9.17, 15) is 9.90 Å². The van der Waals surface area contributed by atoms with E-state index in [1.54, 1.807) is 0 Å². The molecule has 2 saturated carbocycles. The Balaban J connectivity index is 1.40. The minimum atomic E-state index is -0.210. The molecule has 1 aliphatic heterocycles. The van der Waals surface area contributed by atoms with Crippen LogP contribution in [0.3, 0.4) is 0 Å². The van der Waals surface area contributed by atoms with Gasteiger partial charge >= 0.3 is 6.03 Å². The molecule has 1 heterocycles. The maximum absolute atomic E-state index is 12.5. The molecular weight excluding hydrogens is 320 g/mol. The zero-order valence-electron chi connectivity index (χ0n) is 14.4. The number of aliphatic hydroxyl groups excluding tert-OH is 1. The van der Waals surface area contributed by atoms with Crippen molar-refractivity contribution in [2.75, 3.05) is 13.2 Å². The first-order chi connectivity index (χ1) is 12.2. The number of ether oxygens (including phenoxy) is 2. The summed E-state index contributed by atoms with van der Waals surface area (Å²) in [6.45, 7) is 1.14. The van der Waals surface area contributed by atoms with Gasteiger partial charge in [-0.15, -0.1) is 0 Å². The van der Waals surface area contributed by atoms with Crippen molar-refractivity contribution in [1.29, 1.82) is 0 Å². The first-order valence-electron chi connectivity index (χ1n) is 9.33. The fraction of sp³-hybridized carbons (Fsp3) is 0.632. The third-order valence-electron chi connectivity index (χ3n) is 5.34. The largest absolute Gasteiger partial charge is 0.486 e. The van der Waals surface area contributed by atoms with Crippen LogP contribution in [0, 0.1) is 5.92 Å². The molecule has 2 amide bonds. The lowest BCUT2D eigenvalue weighted by atomic mass is 9.93. The van der Waals surface area contributed by atoms with Crippen LogP contribution in [0.15, 0.2) is 18.2 Å². The summed E-state index contributed by atoms with van der Waals surface area (Å²) in [5, 5.41) is 15.8. The molecule has 136 valence electrons. The van der Waals surface area contributed by atoms with Gasteiger partial charge in [0.15, 0.2) is 11.5 Å². The fourth-order valence-electron chi connectivity index (χ4n) is 3.74. The van der Waals surface area contributed by atoms with E-state index in [0.717, 1.165) is 55.6 Å². The van der Waals surface area contributed by atoms with Crippen molar-refractivity contribution in [3.05, 3.63) is 23.8 Å². The Morgan fingerprint density at radius 2 is 1.76 bits per heavy atom. The van der Waals surface area contributed by atoms with Gasteiger partial charge in [0.25, 0.3) is 0 Å². The van der Waals surface area contributed by atoms with Gasteiger partial charge in [-0.2, -0.15) is 0 Å². The molecule has 2 fully saturated rings. The molecular formula is C19H26N2O4. The first kappa shape index (κ1) is 16.5. The van der Waals surface area contributed by atoms with Crippen LogP contribution < -0.4 is 20.1 Å². The normalized spacial score (nSPS) is 26.6. The highest BCUT2D eigenvalue weighted by Gasteiger charge is 2.34. The number of amides is 2. The lowest BCUT2D eigenvalue weighted by molar-refractivity contribution is 0.117. The SMILES string of the molecule is O=C(NC1CCC(O)CC1)NC(c1ccc2c(c1)OCCO2)C1CC1. The Hall–Kier alpha value is -1.95. The van der Waals surface area contributed by atoms with E-state index in [2.05, 4.69) is 10.6 Å². The minimum absolute atomic E-state index is 0.00464. The maximum Gasteiger partial charge on any atom is 0.315 e. The van der Waals surface area contributed by atoms with E-state index in [0.29, 0.717) is 19.1 Å². The predicted molar refractivity (Wildman–Crippen MR) is 92.8 cm³/mol. The number of rotatable bonds is 4. The van der Waals surface area contributed by atoms with E-state index in [1.807, 2.05) is 18.2 Å². The predicted octanol–water partition coefficient (Wildman–Crippen LogP) is 2.51. The molecule has 1 unspecified atom stereocenters. The van der Waals surface area contributed by atoms with Gasteiger partial charge < -0.3 is 25.2 Å². The molecule has 1 aromatic rings. The molecule has 6 nitrogen and oxygen atoms in total. The summed E-state index contributed by atoms with van der Waals surface area (Å²) in [4.78, 5) is 12.5. The van der Waals surface area contributed by atoms with Crippen LogP contribution in [0.25, 0.3) is 0 Å². The summed E-state index contributed by atoms with van der Waals surface area (Å²) in [7, 11) is 0. The lowest BCUT2D eigenvalue weighted by Gasteiger charge is -2.28. The maximum atomic E-state index is 12.5. The van der Waals surface area contributed by atoms with Crippen molar-refractivity contribution in [1.82, 2.24) is 10.6 Å². The summed E-state index contributed by atoms with van der Waals surface area (Å²) < 4.78 is 11.3. The molecule has 3 aliphatic rings. The second kappa shape index (κ2) is 7.12. The second-order valence-corrected chi connectivity index (χ2v) is 7.34. The second-order valence-electron chi connectivity index (χ2n) is 7.34. The molecule has 3 N–H and O–H groups in total. The molecule has 1 aromatic carbocycles. The number of carbonyl (C=O) groups is 1. The number of hydrogen-bond donors (Lipinski definition) is 3. The van der Waals surface area contributed by atoms with Gasteiger partial charge in [0.1, 0.15) is 13.2 Å². The Kier molecular flexibility index (Phi) is 4.70. The minimum Gasteiger partial charge on any atom is -0.486 e. The number of nitrogens with one attached hydrogen (secondary N) is 2. The average molecular weight is 346 g/mol. The summed E-state index contributed by atoms with van der Waals surface area (Å²) in [6, 6.07) is 5.99. The highest BCUT2D eigenvalue weighted by molar-refractivity contribution is 5.75. The summed E-state index contributed by atoms with van der Waals surface area (Å²) in [5.74, 6) is 2.02. The zero-order valence-corrected chi connectivity index (χ0v) is 14.4. The number of benzene rings is 1. The Labute approximate surface area is 147 Å². The smallest absolute Gasteiger partial charge is 0.315 e. The van der Waals surface area contributed by atoms with Crippen LogP contribution in [-0.4, -0.2) is 36.5 Å². The van der Waals surface area contributed by atoms with Crippen LogP contribution in [-0.2, 0) is 0 Å². The van der Waals surface area contributed by atoms with E-state index < -0.39 is 0 Å². The van der Waals surface area contributed by atoms with E-state index >= 15 is 0 Å². The molecule has 6 heteroatoms. The van der Waals surface area contributed by atoms with E-state index in [-0.39, 0.29) is 24.2 Å². The van der Waals surface area contributed by atoms with Crippen molar-refractivity contribution in [3.63, 3.8) is 0 Å². The van der Waals surface area contributed by atoms with Gasteiger partial charge in [-0.3, -0.25) is 0 Å². The third kappa shape index (κ3) is 4.00. The highest BCUT2D eigenvalue weighted by atomic mass is 16.6. The summed E-state index contributed by atoms with van der Waals surface area (Å²) in [6.07, 6.45) is 5.26. The average Bonchev–Trinajstić information content (AvgIpc) is 3.46. The monoisotopic (exact) mass is 346 g/mol. The first-order valence-corrected chi connectivity index (χ1v) is 9.33. The van der Waals surface area contributed by atoms with Crippen molar-refractivity contribution < 1.29 is 19.4 Å². The Bertz CT molecular complexity index is 624. The lowest BCUT2D eigenvalue weighted by Crippen LogP contribution is -2.45. The van der Waals surface area contributed by atoms with Gasteiger partial charge in [0.2, 0.25) is 0 Å². The number of hydrogen-bond acceptors (Lipinski definition) is 4. The summed E-state index contributed by atoms with van der Waals surface area (Å²) in [5.41, 5.74) is 1.07. The molecule has 0 radical (unpaired) electrons. The van der Waals surface area contributed by atoms with E-state index in [4.69, 9.17) is 9.47 Å². The molecule has 1 atom stereocenters. The number of aliphatic hydroxyl groups is 1. The van der Waals surface area contributed by atoms with Crippen molar-refractivity contribution >= 4 is 6.03 Å². The quantitative estimate of drug-likeness (QED) is 0.783. The van der Waals surface area contributed by atoms with Gasteiger partial charge in [0, 0.05) is 6.04 Å². The molecule has 2 aliphatic carbocycles. The molecule has 0 bridgehead atoms. The Morgan fingerprint density at radius 3 is 2.48 bits per heavy atom. The highest BCUT2D eigenvalue weighted by Crippen LogP contribution is 2.43. The molecule has 0 saturated heterocycles. The molecule has 0 spiro atoms. The standard InChI is InChI=1S/C19H26N2O4/c22-15-6-4-14(5-7-15)20-19(23)21-18(12-1-2-12)13-3-8-16-17(11-13)25-10-9-24-16/h3,8,11-12,14-15,18,22H,1-2,4-7,9-10H2,(H2,20,21,23). The van der Waals surface area contributed by atoms with Crippen molar-refractivity contribution in [3.8, 4) is 11.5 Å². The Morgan fingerprint density at radius 1 is 1.04 bits per heavy atom. The van der Waals surface area contributed by atoms with Crippen LogP contribution in [0.5, 0.6) is 11.5 Å². The van der Waals surface area contributed by atoms with Crippen LogP contribution >= 0.6 is 0 Å². The van der Waals surface area contributed by atoms with Gasteiger partial charge in [0.05, 0.1) is 12.1 Å². The number of carbonyl (C=O) groups excluding carboxylic acids is 1. The zero-order chi connectivity index (χ0) is 17.2. The third-order valence-corrected chi connectivity index (χ3v) is 5.34. The van der Waals surface area contributed by atoms with Crippen molar-refractivity contribution in [2.45, 2.75) is 56.7 Å². The van der Waals surface area contributed by atoms with Crippen LogP contribution in [0.1, 0.15) is 50.1 Å². The topological polar surface area (TPSA) is 79.8 Å². The molecule has 0 aromatic heterocycles. The van der Waals surface area contributed by atoms with Gasteiger partial charge in [-0.1, -0.05) is 6.07 Å². The summed E-state index contributed by atoms with van der Waals surface area (Å²) >= 11 is 0. The number of urea groups is 1. The number of fused-ring (bicyclic) bond motifs is 1. The van der Waals surface area contributed by atoms with Crippen LogP contribution in [0.4, 0.5) is 4.79 Å². The molecule has 25 heavy (non-hydrogen) atoms. The molecule has 4 rings (SSSR count). The van der Waals surface area contributed by atoms with Crippen molar-refractivity contribution in [2.24, 2.45) is 5.92 Å². The van der Waals surface area contributed by atoms with Crippen LogP contribution in [0.2, 0.25) is 0 Å².